The van der Waals surface area contributed by atoms with Gasteiger partial charge in [0.25, 0.3) is 0 Å². The Kier molecular flexibility index (Phi) is 2.53. The second-order valence-corrected chi connectivity index (χ2v) is 3.92. The molecule has 4 heteroatoms. The van der Waals surface area contributed by atoms with Gasteiger partial charge in [-0.15, -0.1) is 0 Å². The maximum Gasteiger partial charge on any atom is 0.249 e. The Labute approximate surface area is 103 Å². The van der Waals surface area contributed by atoms with E-state index in [1.807, 2.05) is 54.6 Å². The Balaban J connectivity index is 1.93. The van der Waals surface area contributed by atoms with Crippen molar-refractivity contribution in [2.24, 2.45) is 0 Å². The van der Waals surface area contributed by atoms with E-state index in [0.717, 1.165) is 11.1 Å². The molecule has 18 heavy (non-hydrogen) atoms. The molecule has 0 amide bonds. The minimum absolute atomic E-state index is 0.403. The molecule has 0 spiro atoms. The Morgan fingerprint density at radius 1 is 1.00 bits per heavy atom. The second-order valence-electron chi connectivity index (χ2n) is 3.92. The first-order valence-corrected chi connectivity index (χ1v) is 5.55. The molecule has 0 aliphatic rings. The first-order valence-electron chi connectivity index (χ1n) is 5.55. The van der Waals surface area contributed by atoms with Gasteiger partial charge in [0.05, 0.1) is 0 Å². The van der Waals surface area contributed by atoms with Crippen LogP contribution in [-0.4, -0.2) is 5.16 Å². The molecule has 1 heterocycles. The highest BCUT2D eigenvalue weighted by Crippen LogP contribution is 2.13. The number of hydrogen-bond donors (Lipinski definition) is 0. The van der Waals surface area contributed by atoms with Crippen molar-refractivity contribution in [1.82, 2.24) is 5.16 Å². The monoisotopic (exact) mass is 238 g/mol. The average Bonchev–Trinajstić information content (AvgIpc) is 2.79. The molecule has 0 aliphatic carbocycles. The number of fused-ring (bicyclic) bond motifs is 1. The predicted octanol–water partition coefficient (Wildman–Crippen LogP) is 2.63. The van der Waals surface area contributed by atoms with Crippen LogP contribution in [0.3, 0.4) is 0 Å². The van der Waals surface area contributed by atoms with Gasteiger partial charge in [-0.25, -0.2) is 0 Å². The van der Waals surface area contributed by atoms with Crippen molar-refractivity contribution in [3.05, 3.63) is 64.9 Å². The van der Waals surface area contributed by atoms with Crippen molar-refractivity contribution in [2.45, 2.75) is 0 Å². The number of benzene rings is 2. The van der Waals surface area contributed by atoms with Gasteiger partial charge in [-0.2, -0.15) is 0 Å². The van der Waals surface area contributed by atoms with E-state index in [1.165, 1.54) is 0 Å². The molecule has 0 bridgehead atoms. The highest BCUT2D eigenvalue weighted by molar-refractivity contribution is 5.77. The van der Waals surface area contributed by atoms with Crippen molar-refractivity contribution in [3.63, 3.8) is 0 Å². The van der Waals surface area contributed by atoms with E-state index in [9.17, 15) is 5.21 Å². The van der Waals surface area contributed by atoms with E-state index in [2.05, 4.69) is 9.79 Å². The van der Waals surface area contributed by atoms with Gasteiger partial charge < -0.3 is 5.21 Å². The fourth-order valence-corrected chi connectivity index (χ4v) is 1.75. The van der Waals surface area contributed by atoms with Crippen LogP contribution in [0.4, 0.5) is 0 Å². The molecule has 2 aromatic carbocycles. The zero-order valence-electron chi connectivity index (χ0n) is 9.48. The molecule has 0 unspecified atom stereocenters. The SMILES string of the molecule is [O-][n+]1onc2cc(/C=C/c3ccccc3)ccc21. The minimum atomic E-state index is 0.403. The van der Waals surface area contributed by atoms with Crippen molar-refractivity contribution < 1.29 is 9.53 Å². The average molecular weight is 238 g/mol. The molecule has 0 fully saturated rings. The predicted molar refractivity (Wildman–Crippen MR) is 68.3 cm³/mol. The van der Waals surface area contributed by atoms with Crippen LogP contribution in [0, 0.1) is 5.21 Å². The van der Waals surface area contributed by atoms with Crippen LogP contribution in [0.1, 0.15) is 11.1 Å². The summed E-state index contributed by atoms with van der Waals surface area (Å²) in [6, 6.07) is 15.4. The van der Waals surface area contributed by atoms with E-state index in [0.29, 0.717) is 15.9 Å². The van der Waals surface area contributed by atoms with Gasteiger partial charge >= 0.3 is 0 Å². The van der Waals surface area contributed by atoms with E-state index >= 15 is 0 Å². The summed E-state index contributed by atoms with van der Waals surface area (Å²) >= 11 is 0. The number of nitrogens with zero attached hydrogens (tertiary/aromatic N) is 2. The lowest BCUT2D eigenvalue weighted by Crippen LogP contribution is -2.22. The first-order chi connectivity index (χ1) is 8.83. The lowest BCUT2D eigenvalue weighted by molar-refractivity contribution is -0.782. The minimum Gasteiger partial charge on any atom is -0.359 e. The third kappa shape index (κ3) is 1.96. The van der Waals surface area contributed by atoms with Gasteiger partial charge in [-0.3, -0.25) is 4.63 Å². The molecule has 0 saturated heterocycles. The van der Waals surface area contributed by atoms with Gasteiger partial charge in [-0.05, 0) is 22.1 Å². The Bertz CT molecular complexity index is 702. The summed E-state index contributed by atoms with van der Waals surface area (Å²) in [4.78, 5) is 0.403. The van der Waals surface area contributed by atoms with E-state index < -0.39 is 0 Å². The van der Waals surface area contributed by atoms with Crippen LogP contribution in [0.15, 0.2) is 53.2 Å². The van der Waals surface area contributed by atoms with Crippen molar-refractivity contribution in [1.29, 1.82) is 0 Å². The first kappa shape index (κ1) is 10.5. The van der Waals surface area contributed by atoms with Gasteiger partial charge in [0.1, 0.15) is 0 Å². The number of rotatable bonds is 2. The van der Waals surface area contributed by atoms with Crippen LogP contribution < -0.4 is 4.90 Å². The van der Waals surface area contributed by atoms with Crippen LogP contribution in [0.25, 0.3) is 23.2 Å². The fraction of sp³-hybridized carbons (Fsp3) is 0. The van der Waals surface area contributed by atoms with Crippen molar-refractivity contribution in [3.8, 4) is 0 Å². The van der Waals surface area contributed by atoms with Crippen LogP contribution in [0.5, 0.6) is 0 Å². The standard InChI is InChI=1S/C14H10N2O2/c17-16-14-9-8-12(10-13(14)15-18-16)7-6-11-4-2-1-3-5-11/h1-10H/b7-6+. The molecule has 3 rings (SSSR count). The van der Waals surface area contributed by atoms with E-state index in [-0.39, 0.29) is 0 Å². The van der Waals surface area contributed by atoms with Gasteiger partial charge in [-0.1, -0.05) is 48.6 Å². The normalized spacial score (nSPS) is 11.3. The molecular formula is C14H10N2O2. The summed E-state index contributed by atoms with van der Waals surface area (Å²) in [7, 11) is 0. The third-order valence-corrected chi connectivity index (χ3v) is 2.68. The topological polar surface area (TPSA) is 53.0 Å². The highest BCUT2D eigenvalue weighted by atomic mass is 16.8. The maximum atomic E-state index is 11.1. The summed E-state index contributed by atoms with van der Waals surface area (Å²) in [6.07, 6.45) is 3.98. The molecule has 0 N–H and O–H groups in total. The fourth-order valence-electron chi connectivity index (χ4n) is 1.75. The number of hydrogen-bond acceptors (Lipinski definition) is 3. The molecule has 1 aromatic heterocycles. The lowest BCUT2D eigenvalue weighted by Gasteiger charge is -1.93. The Morgan fingerprint density at radius 2 is 1.78 bits per heavy atom. The zero-order chi connectivity index (χ0) is 12.4. The zero-order valence-corrected chi connectivity index (χ0v) is 9.48. The largest absolute Gasteiger partial charge is 0.359 e. The van der Waals surface area contributed by atoms with Crippen molar-refractivity contribution in [2.75, 3.05) is 0 Å². The quantitative estimate of drug-likeness (QED) is 0.509. The molecule has 3 aromatic rings. The highest BCUT2D eigenvalue weighted by Gasteiger charge is 2.07. The van der Waals surface area contributed by atoms with Crippen LogP contribution in [-0.2, 0) is 0 Å². The molecular weight excluding hydrogens is 228 g/mol. The molecule has 0 saturated carbocycles. The number of aromatic nitrogens is 2. The third-order valence-electron chi connectivity index (χ3n) is 2.68. The summed E-state index contributed by atoms with van der Waals surface area (Å²) < 4.78 is 4.52. The lowest BCUT2D eigenvalue weighted by atomic mass is 10.1. The summed E-state index contributed by atoms with van der Waals surface area (Å²) in [5.74, 6) is 0. The second kappa shape index (κ2) is 4.33. The smallest absolute Gasteiger partial charge is 0.249 e. The molecule has 0 radical (unpaired) electrons. The summed E-state index contributed by atoms with van der Waals surface area (Å²) in [5, 5.41) is 14.8. The van der Waals surface area contributed by atoms with Gasteiger partial charge in [0, 0.05) is 11.2 Å². The van der Waals surface area contributed by atoms with Crippen LogP contribution >= 0.6 is 0 Å². The Hall–Kier alpha value is -2.62. The van der Waals surface area contributed by atoms with Gasteiger partial charge in [0.15, 0.2) is 0 Å². The molecule has 0 aliphatic heterocycles. The summed E-state index contributed by atoms with van der Waals surface area (Å²) in [6.45, 7) is 0. The molecule has 4 nitrogen and oxygen atoms in total. The van der Waals surface area contributed by atoms with E-state index in [4.69, 9.17) is 0 Å². The molecule has 0 atom stereocenters. The summed E-state index contributed by atoms with van der Waals surface area (Å²) in [5.41, 5.74) is 3.09. The molecule has 88 valence electrons. The van der Waals surface area contributed by atoms with Crippen LogP contribution in [0.2, 0.25) is 0 Å². The van der Waals surface area contributed by atoms with E-state index in [1.54, 1.807) is 6.07 Å². The van der Waals surface area contributed by atoms with Gasteiger partial charge in [0.2, 0.25) is 11.0 Å². The maximum absolute atomic E-state index is 11.1. The Morgan fingerprint density at radius 3 is 2.61 bits per heavy atom. The van der Waals surface area contributed by atoms with Crippen molar-refractivity contribution >= 4 is 23.2 Å².